The predicted octanol–water partition coefficient (Wildman–Crippen LogP) is 1.13. The lowest BCUT2D eigenvalue weighted by atomic mass is 10.1. The van der Waals surface area contributed by atoms with Crippen molar-refractivity contribution in [3.8, 4) is 17.5 Å². The normalized spacial score (nSPS) is 11.6. The van der Waals surface area contributed by atoms with Gasteiger partial charge in [-0.1, -0.05) is 17.7 Å². The number of hydrogen-bond donors (Lipinski definition) is 1. The van der Waals surface area contributed by atoms with Crippen LogP contribution in [0.4, 0.5) is 0 Å². The van der Waals surface area contributed by atoms with Gasteiger partial charge >= 0.3 is 0 Å². The Hall–Kier alpha value is -2.21. The van der Waals surface area contributed by atoms with Crippen LogP contribution in [-0.4, -0.2) is 43.0 Å². The lowest BCUT2D eigenvalue weighted by Crippen LogP contribution is -2.29. The predicted molar refractivity (Wildman–Crippen MR) is 78.3 cm³/mol. The van der Waals surface area contributed by atoms with Crippen LogP contribution in [0.1, 0.15) is 11.3 Å². The Balaban J connectivity index is 2.50. The van der Waals surface area contributed by atoms with E-state index in [0.717, 1.165) is 9.87 Å². The molecular formula is C14H15N3O4S. The van der Waals surface area contributed by atoms with Crippen LogP contribution in [0.15, 0.2) is 33.8 Å². The third kappa shape index (κ3) is 3.01. The summed E-state index contributed by atoms with van der Waals surface area (Å²) in [5.74, 6) is 0.0625. The van der Waals surface area contributed by atoms with Crippen molar-refractivity contribution < 1.29 is 17.9 Å². The van der Waals surface area contributed by atoms with Crippen molar-refractivity contribution in [1.29, 1.82) is 5.26 Å². The van der Waals surface area contributed by atoms with E-state index in [2.05, 4.69) is 4.98 Å². The number of hydrogen-bond acceptors (Lipinski definition) is 6. The molecule has 0 aliphatic rings. The Morgan fingerprint density at radius 1 is 1.36 bits per heavy atom. The van der Waals surface area contributed by atoms with E-state index in [9.17, 15) is 8.42 Å². The Kier molecular flexibility index (Phi) is 4.61. The van der Waals surface area contributed by atoms with E-state index in [0.29, 0.717) is 5.56 Å². The second-order valence-corrected chi connectivity index (χ2v) is 6.63. The molecule has 0 spiro atoms. The second kappa shape index (κ2) is 6.27. The van der Waals surface area contributed by atoms with Gasteiger partial charge in [0.2, 0.25) is 5.89 Å². The van der Waals surface area contributed by atoms with Crippen LogP contribution in [0, 0.1) is 18.3 Å². The molecule has 0 aliphatic heterocycles. The lowest BCUT2D eigenvalue weighted by Gasteiger charge is -2.13. The smallest absolute Gasteiger partial charge is 0.279 e. The van der Waals surface area contributed by atoms with E-state index in [1.54, 1.807) is 18.2 Å². The molecule has 0 fully saturated rings. The van der Waals surface area contributed by atoms with E-state index in [-0.39, 0.29) is 24.7 Å². The number of nitriles is 1. The summed E-state index contributed by atoms with van der Waals surface area (Å²) in [5.41, 5.74) is 1.31. The fourth-order valence-electron chi connectivity index (χ4n) is 1.77. The molecule has 22 heavy (non-hydrogen) atoms. The number of aromatic nitrogens is 1. The zero-order valence-electron chi connectivity index (χ0n) is 12.1. The number of oxazole rings is 1. The topological polar surface area (TPSA) is 107 Å². The zero-order chi connectivity index (χ0) is 16.3. The highest BCUT2D eigenvalue weighted by Crippen LogP contribution is 2.26. The summed E-state index contributed by atoms with van der Waals surface area (Å²) in [6.07, 6.45) is 0. The Morgan fingerprint density at radius 3 is 2.55 bits per heavy atom. The highest BCUT2D eigenvalue weighted by molar-refractivity contribution is 7.89. The van der Waals surface area contributed by atoms with Crippen molar-refractivity contribution in [2.75, 3.05) is 20.2 Å². The first-order valence-corrected chi connectivity index (χ1v) is 7.89. The SMILES string of the molecule is Cc1ccc(-c2nc(C#N)c(S(=O)(=O)N(C)CCO)o2)cc1. The molecular weight excluding hydrogens is 306 g/mol. The van der Waals surface area contributed by atoms with E-state index >= 15 is 0 Å². The van der Waals surface area contributed by atoms with Crippen LogP contribution in [0.2, 0.25) is 0 Å². The Labute approximate surface area is 128 Å². The summed E-state index contributed by atoms with van der Waals surface area (Å²) >= 11 is 0. The standard InChI is InChI=1S/C14H15N3O4S/c1-10-3-5-11(6-4-10)13-16-12(9-15)14(21-13)22(19,20)17(2)7-8-18/h3-6,18H,7-8H2,1-2H3. The monoisotopic (exact) mass is 321 g/mol. The Morgan fingerprint density at radius 2 is 2.00 bits per heavy atom. The van der Waals surface area contributed by atoms with Gasteiger partial charge in [0.15, 0.2) is 5.69 Å². The van der Waals surface area contributed by atoms with E-state index in [1.165, 1.54) is 7.05 Å². The van der Waals surface area contributed by atoms with Crippen LogP contribution < -0.4 is 0 Å². The minimum atomic E-state index is -4.02. The van der Waals surface area contributed by atoms with Crippen molar-refractivity contribution in [3.05, 3.63) is 35.5 Å². The first-order valence-electron chi connectivity index (χ1n) is 6.45. The highest BCUT2D eigenvalue weighted by Gasteiger charge is 2.30. The maximum atomic E-state index is 12.3. The molecule has 0 radical (unpaired) electrons. The molecule has 1 N–H and O–H groups in total. The molecule has 1 aromatic heterocycles. The van der Waals surface area contributed by atoms with Crippen LogP contribution in [-0.2, 0) is 10.0 Å². The first-order chi connectivity index (χ1) is 10.4. The Bertz CT molecular complexity index is 804. The van der Waals surface area contributed by atoms with E-state index in [1.807, 2.05) is 19.1 Å². The third-order valence-electron chi connectivity index (χ3n) is 3.06. The average molecular weight is 321 g/mol. The van der Waals surface area contributed by atoms with Gasteiger partial charge in [0.1, 0.15) is 6.07 Å². The summed E-state index contributed by atoms with van der Waals surface area (Å²) in [7, 11) is -2.73. The summed E-state index contributed by atoms with van der Waals surface area (Å²) < 4.78 is 30.9. The summed E-state index contributed by atoms with van der Waals surface area (Å²) in [5, 5.41) is 17.4. The molecule has 0 aliphatic carbocycles. The number of rotatable bonds is 5. The third-order valence-corrected chi connectivity index (χ3v) is 4.81. The van der Waals surface area contributed by atoms with Crippen LogP contribution in [0.3, 0.4) is 0 Å². The van der Waals surface area contributed by atoms with Crippen molar-refractivity contribution >= 4 is 10.0 Å². The number of sulfonamides is 1. The molecule has 0 unspecified atom stereocenters. The molecule has 116 valence electrons. The van der Waals surface area contributed by atoms with E-state index in [4.69, 9.17) is 14.8 Å². The molecule has 0 saturated heterocycles. The molecule has 0 bridgehead atoms. The molecule has 1 aromatic carbocycles. The maximum Gasteiger partial charge on any atom is 0.279 e. The van der Waals surface area contributed by atoms with Crippen molar-refractivity contribution in [2.45, 2.75) is 12.0 Å². The first kappa shape index (κ1) is 16.2. The average Bonchev–Trinajstić information content (AvgIpc) is 2.93. The molecule has 0 atom stereocenters. The van der Waals surface area contributed by atoms with Gasteiger partial charge in [0.05, 0.1) is 6.61 Å². The zero-order valence-corrected chi connectivity index (χ0v) is 13.0. The number of aryl methyl sites for hydroxylation is 1. The molecule has 1 heterocycles. The van der Waals surface area contributed by atoms with Gasteiger partial charge in [-0.2, -0.15) is 14.6 Å². The number of aliphatic hydroxyl groups is 1. The van der Waals surface area contributed by atoms with E-state index < -0.39 is 15.1 Å². The molecule has 8 heteroatoms. The van der Waals surface area contributed by atoms with Crippen molar-refractivity contribution in [3.63, 3.8) is 0 Å². The summed E-state index contributed by atoms with van der Waals surface area (Å²) in [4.78, 5) is 3.94. The van der Waals surface area contributed by atoms with Crippen molar-refractivity contribution in [1.82, 2.24) is 9.29 Å². The van der Waals surface area contributed by atoms with Gasteiger partial charge in [0.25, 0.3) is 15.1 Å². The van der Waals surface area contributed by atoms with Gasteiger partial charge in [0, 0.05) is 19.2 Å². The molecule has 0 amide bonds. The fraction of sp³-hybridized carbons (Fsp3) is 0.286. The van der Waals surface area contributed by atoms with Gasteiger partial charge < -0.3 is 9.52 Å². The highest BCUT2D eigenvalue weighted by atomic mass is 32.2. The van der Waals surface area contributed by atoms with Gasteiger partial charge in [-0.05, 0) is 19.1 Å². The number of nitrogens with zero attached hydrogens (tertiary/aromatic N) is 3. The maximum absolute atomic E-state index is 12.3. The van der Waals surface area contributed by atoms with Gasteiger partial charge in [-0.15, -0.1) is 0 Å². The summed E-state index contributed by atoms with van der Waals surface area (Å²) in [6.45, 7) is 1.48. The quantitative estimate of drug-likeness (QED) is 0.884. The molecule has 0 saturated carbocycles. The largest absolute Gasteiger partial charge is 0.422 e. The van der Waals surface area contributed by atoms with Gasteiger partial charge in [-0.25, -0.2) is 8.42 Å². The minimum Gasteiger partial charge on any atom is -0.422 e. The van der Waals surface area contributed by atoms with Crippen LogP contribution >= 0.6 is 0 Å². The summed E-state index contributed by atoms with van der Waals surface area (Å²) in [6, 6.07) is 8.85. The minimum absolute atomic E-state index is 0.0625. The number of likely N-dealkylation sites (N-methyl/N-ethyl adjacent to an activating group) is 1. The fourth-order valence-corrected chi connectivity index (χ4v) is 2.90. The number of aliphatic hydroxyl groups excluding tert-OH is 1. The van der Waals surface area contributed by atoms with Crippen molar-refractivity contribution in [2.24, 2.45) is 0 Å². The molecule has 7 nitrogen and oxygen atoms in total. The second-order valence-electron chi connectivity index (χ2n) is 4.68. The molecule has 2 aromatic rings. The van der Waals surface area contributed by atoms with Crippen LogP contribution in [0.25, 0.3) is 11.5 Å². The molecule has 2 rings (SSSR count). The lowest BCUT2D eigenvalue weighted by molar-refractivity contribution is 0.264. The van der Waals surface area contributed by atoms with Crippen LogP contribution in [0.5, 0.6) is 0 Å². The van der Waals surface area contributed by atoms with Gasteiger partial charge in [-0.3, -0.25) is 0 Å². The number of benzene rings is 1.